The molecule has 0 bridgehead atoms. The highest BCUT2D eigenvalue weighted by molar-refractivity contribution is 5.79. The van der Waals surface area contributed by atoms with E-state index in [4.69, 9.17) is 10.00 Å². The normalized spacial score (nSPS) is 26.4. The summed E-state index contributed by atoms with van der Waals surface area (Å²) in [6.45, 7) is 0. The highest BCUT2D eigenvalue weighted by atomic mass is 16.5. The summed E-state index contributed by atoms with van der Waals surface area (Å²) in [7, 11) is 0. The molecule has 1 amide bonds. The van der Waals surface area contributed by atoms with Crippen molar-refractivity contribution in [2.45, 2.75) is 57.1 Å². The standard InChI is InChI=1S/C18H22N4O2/c19-12-16-18(21-11-10-20-16)24-15-8-6-14(7-9-15)22-17(23)13-4-2-1-3-5-13/h1-2,10-11,13-15H,3-9H2,(H,22,23)/t13-,14?,15?/m1/s1. The molecule has 0 aromatic carbocycles. The Morgan fingerprint density at radius 2 is 1.96 bits per heavy atom. The molecule has 1 aromatic rings. The molecule has 1 N–H and O–H groups in total. The van der Waals surface area contributed by atoms with Gasteiger partial charge in [-0.15, -0.1) is 0 Å². The summed E-state index contributed by atoms with van der Waals surface area (Å²) >= 11 is 0. The molecule has 1 saturated carbocycles. The molecule has 0 unspecified atom stereocenters. The lowest BCUT2D eigenvalue weighted by Crippen LogP contribution is -2.42. The zero-order valence-corrected chi connectivity index (χ0v) is 13.6. The quantitative estimate of drug-likeness (QED) is 0.859. The van der Waals surface area contributed by atoms with Crippen LogP contribution in [0.1, 0.15) is 50.6 Å². The smallest absolute Gasteiger partial charge is 0.251 e. The number of hydrogen-bond acceptors (Lipinski definition) is 5. The van der Waals surface area contributed by atoms with Gasteiger partial charge in [-0.25, -0.2) is 9.97 Å². The zero-order valence-electron chi connectivity index (χ0n) is 13.6. The van der Waals surface area contributed by atoms with Gasteiger partial charge in [0, 0.05) is 24.4 Å². The number of nitrogens with zero attached hydrogens (tertiary/aromatic N) is 3. The first-order valence-electron chi connectivity index (χ1n) is 8.59. The van der Waals surface area contributed by atoms with Crippen molar-refractivity contribution in [1.29, 1.82) is 5.26 Å². The van der Waals surface area contributed by atoms with Crippen LogP contribution in [0.5, 0.6) is 5.88 Å². The Morgan fingerprint density at radius 3 is 2.67 bits per heavy atom. The lowest BCUT2D eigenvalue weighted by atomic mass is 9.90. The van der Waals surface area contributed by atoms with Gasteiger partial charge in [0.25, 0.3) is 5.88 Å². The number of amides is 1. The fraction of sp³-hybridized carbons (Fsp3) is 0.556. The summed E-state index contributed by atoms with van der Waals surface area (Å²) in [5.74, 6) is 0.618. The Kier molecular flexibility index (Phi) is 5.42. The number of ether oxygens (including phenoxy) is 1. The minimum absolute atomic E-state index is 0.0274. The fourth-order valence-electron chi connectivity index (χ4n) is 3.32. The van der Waals surface area contributed by atoms with Gasteiger partial charge in [0.05, 0.1) is 0 Å². The topological polar surface area (TPSA) is 87.9 Å². The van der Waals surface area contributed by atoms with Crippen LogP contribution in [0.3, 0.4) is 0 Å². The molecule has 0 spiro atoms. The molecule has 1 aromatic heterocycles. The number of carbonyl (C=O) groups excluding carboxylic acids is 1. The van der Waals surface area contributed by atoms with Crippen LogP contribution in [0, 0.1) is 17.2 Å². The van der Waals surface area contributed by atoms with Gasteiger partial charge in [0.15, 0.2) is 0 Å². The molecule has 24 heavy (non-hydrogen) atoms. The number of hydrogen-bond donors (Lipinski definition) is 1. The largest absolute Gasteiger partial charge is 0.472 e. The van der Waals surface area contributed by atoms with Gasteiger partial charge in [0.1, 0.15) is 12.2 Å². The molecule has 0 saturated heterocycles. The van der Waals surface area contributed by atoms with Crippen LogP contribution in [0.4, 0.5) is 0 Å². The van der Waals surface area contributed by atoms with E-state index < -0.39 is 0 Å². The molecule has 0 aliphatic heterocycles. The van der Waals surface area contributed by atoms with Crippen molar-refractivity contribution in [1.82, 2.24) is 15.3 Å². The van der Waals surface area contributed by atoms with Crippen LogP contribution < -0.4 is 10.1 Å². The highest BCUT2D eigenvalue weighted by Crippen LogP contribution is 2.25. The van der Waals surface area contributed by atoms with Crippen molar-refractivity contribution >= 4 is 5.91 Å². The van der Waals surface area contributed by atoms with Crippen molar-refractivity contribution in [2.75, 3.05) is 0 Å². The van der Waals surface area contributed by atoms with Gasteiger partial charge in [-0.3, -0.25) is 4.79 Å². The zero-order chi connectivity index (χ0) is 16.8. The minimum Gasteiger partial charge on any atom is -0.472 e. The van der Waals surface area contributed by atoms with E-state index in [0.29, 0.717) is 5.88 Å². The third kappa shape index (κ3) is 4.10. The molecule has 2 aliphatic carbocycles. The molecule has 2 aliphatic rings. The number of nitrogens with one attached hydrogen (secondary N) is 1. The van der Waals surface area contributed by atoms with Crippen molar-refractivity contribution < 1.29 is 9.53 Å². The second-order valence-electron chi connectivity index (χ2n) is 6.40. The molecule has 6 nitrogen and oxygen atoms in total. The Morgan fingerprint density at radius 1 is 1.17 bits per heavy atom. The van der Waals surface area contributed by atoms with Crippen LogP contribution in [-0.2, 0) is 4.79 Å². The second kappa shape index (κ2) is 7.91. The number of carbonyl (C=O) groups is 1. The minimum atomic E-state index is 0.0274. The lowest BCUT2D eigenvalue weighted by molar-refractivity contribution is -0.126. The van der Waals surface area contributed by atoms with E-state index in [0.717, 1.165) is 44.9 Å². The Bertz CT molecular complexity index is 645. The van der Waals surface area contributed by atoms with Gasteiger partial charge in [-0.2, -0.15) is 5.26 Å². The number of nitriles is 1. The Hall–Kier alpha value is -2.42. The van der Waals surface area contributed by atoms with Gasteiger partial charge in [0.2, 0.25) is 11.6 Å². The summed E-state index contributed by atoms with van der Waals surface area (Å²) < 4.78 is 5.83. The molecule has 1 atom stereocenters. The maximum atomic E-state index is 12.3. The first-order chi connectivity index (χ1) is 11.8. The summed E-state index contributed by atoms with van der Waals surface area (Å²) in [6.07, 6.45) is 13.6. The summed E-state index contributed by atoms with van der Waals surface area (Å²) in [5.41, 5.74) is 0.221. The van der Waals surface area contributed by atoms with E-state index in [1.165, 1.54) is 12.4 Å². The number of allylic oxidation sites excluding steroid dienone is 2. The average molecular weight is 326 g/mol. The van der Waals surface area contributed by atoms with E-state index in [9.17, 15) is 4.79 Å². The first-order valence-corrected chi connectivity index (χ1v) is 8.59. The van der Waals surface area contributed by atoms with E-state index in [1.54, 1.807) is 0 Å². The van der Waals surface area contributed by atoms with E-state index >= 15 is 0 Å². The summed E-state index contributed by atoms with van der Waals surface area (Å²) in [4.78, 5) is 20.3. The molecule has 0 radical (unpaired) electrons. The molecular weight excluding hydrogens is 304 g/mol. The van der Waals surface area contributed by atoms with Crippen molar-refractivity contribution in [3.05, 3.63) is 30.2 Å². The Balaban J connectivity index is 1.46. The molecule has 126 valence electrons. The highest BCUT2D eigenvalue weighted by Gasteiger charge is 2.27. The SMILES string of the molecule is N#Cc1nccnc1OC1CCC(NC(=O)[C@@H]2CC=CCC2)CC1. The molecule has 6 heteroatoms. The van der Waals surface area contributed by atoms with E-state index in [2.05, 4.69) is 27.4 Å². The van der Waals surface area contributed by atoms with Gasteiger partial charge in [-0.1, -0.05) is 12.2 Å². The summed E-state index contributed by atoms with van der Waals surface area (Å²) in [5, 5.41) is 12.2. The average Bonchev–Trinajstić information content (AvgIpc) is 2.64. The second-order valence-corrected chi connectivity index (χ2v) is 6.40. The predicted molar refractivity (Wildman–Crippen MR) is 88.0 cm³/mol. The van der Waals surface area contributed by atoms with Crippen LogP contribution in [-0.4, -0.2) is 28.0 Å². The van der Waals surface area contributed by atoms with Crippen LogP contribution in [0.25, 0.3) is 0 Å². The molecule has 1 heterocycles. The van der Waals surface area contributed by atoms with Crippen molar-refractivity contribution in [3.63, 3.8) is 0 Å². The summed E-state index contributed by atoms with van der Waals surface area (Å²) in [6, 6.07) is 2.22. The number of rotatable bonds is 4. The maximum absolute atomic E-state index is 12.3. The van der Waals surface area contributed by atoms with Crippen LogP contribution >= 0.6 is 0 Å². The van der Waals surface area contributed by atoms with Gasteiger partial charge in [-0.05, 0) is 44.9 Å². The van der Waals surface area contributed by atoms with E-state index in [1.807, 2.05) is 6.07 Å². The third-order valence-corrected chi connectivity index (χ3v) is 4.71. The molecule has 1 fully saturated rings. The first kappa shape index (κ1) is 16.4. The van der Waals surface area contributed by atoms with Crippen LogP contribution in [0.2, 0.25) is 0 Å². The maximum Gasteiger partial charge on any atom is 0.251 e. The monoisotopic (exact) mass is 326 g/mol. The van der Waals surface area contributed by atoms with E-state index in [-0.39, 0.29) is 29.7 Å². The predicted octanol–water partition coefficient (Wildman–Crippen LogP) is 2.51. The van der Waals surface area contributed by atoms with Crippen LogP contribution in [0.15, 0.2) is 24.5 Å². The number of aromatic nitrogens is 2. The Labute approximate surface area is 141 Å². The van der Waals surface area contributed by atoms with Gasteiger partial charge < -0.3 is 10.1 Å². The molecule has 3 rings (SSSR count). The van der Waals surface area contributed by atoms with Gasteiger partial charge >= 0.3 is 0 Å². The third-order valence-electron chi connectivity index (χ3n) is 4.71. The lowest BCUT2D eigenvalue weighted by Gasteiger charge is -2.30. The molecular formula is C18H22N4O2. The van der Waals surface area contributed by atoms with Crippen molar-refractivity contribution in [2.24, 2.45) is 5.92 Å². The fourth-order valence-corrected chi connectivity index (χ4v) is 3.32. The van der Waals surface area contributed by atoms with Crippen molar-refractivity contribution in [3.8, 4) is 11.9 Å².